The molecule has 0 spiro atoms. The molecular weight excluding hydrogens is 495 g/mol. The van der Waals surface area contributed by atoms with Crippen LogP contribution >= 0.6 is 11.6 Å². The third-order valence-corrected chi connectivity index (χ3v) is 5.17. The molecule has 8 nitrogen and oxygen atoms in total. The first kappa shape index (κ1) is 26.0. The Hall–Kier alpha value is -3.57. The lowest BCUT2D eigenvalue weighted by Crippen LogP contribution is -2.35. The van der Waals surface area contributed by atoms with Crippen molar-refractivity contribution in [3.8, 4) is 17.1 Å². The molecule has 0 unspecified atom stereocenters. The van der Waals surface area contributed by atoms with Gasteiger partial charge in [0, 0.05) is 12.6 Å². The average Bonchev–Trinajstić information content (AvgIpc) is 2.75. The SMILES string of the molecule is O=C(O)CN(CCCOc1cc(C(F)(F)F)ccc1-c1cc(=O)c2cccc(Cl)c2o1)CC(=O)O. The zero-order chi connectivity index (χ0) is 25.8. The molecule has 0 bridgehead atoms. The first-order valence-electron chi connectivity index (χ1n) is 10.2. The predicted octanol–water partition coefficient (Wildman–Crippen LogP) is 4.37. The molecule has 1 aromatic heterocycles. The highest BCUT2D eigenvalue weighted by molar-refractivity contribution is 6.34. The molecule has 0 aliphatic heterocycles. The Labute approximate surface area is 201 Å². The number of ether oxygens (including phenoxy) is 1. The summed E-state index contributed by atoms with van der Waals surface area (Å²) >= 11 is 6.12. The number of halogens is 4. The molecule has 0 radical (unpaired) electrons. The Balaban J connectivity index is 1.90. The normalized spacial score (nSPS) is 11.7. The second-order valence-electron chi connectivity index (χ2n) is 7.50. The fourth-order valence-corrected chi connectivity index (χ4v) is 3.58. The number of para-hydroxylation sites is 1. The van der Waals surface area contributed by atoms with Crippen LogP contribution in [-0.2, 0) is 15.8 Å². The largest absolute Gasteiger partial charge is 0.493 e. The van der Waals surface area contributed by atoms with Gasteiger partial charge in [-0.3, -0.25) is 19.3 Å². The van der Waals surface area contributed by atoms with Crippen LogP contribution < -0.4 is 10.2 Å². The van der Waals surface area contributed by atoms with E-state index in [0.717, 1.165) is 29.2 Å². The third-order valence-electron chi connectivity index (χ3n) is 4.88. The Morgan fingerprint density at radius 1 is 1.06 bits per heavy atom. The van der Waals surface area contributed by atoms with E-state index in [4.69, 9.17) is 31.0 Å². The molecule has 12 heteroatoms. The average molecular weight is 514 g/mol. The van der Waals surface area contributed by atoms with Crippen LogP contribution in [0, 0.1) is 0 Å². The van der Waals surface area contributed by atoms with Gasteiger partial charge < -0.3 is 19.4 Å². The highest BCUT2D eigenvalue weighted by atomic mass is 35.5. The van der Waals surface area contributed by atoms with Crippen molar-refractivity contribution < 1.29 is 42.1 Å². The van der Waals surface area contributed by atoms with Gasteiger partial charge in [0.25, 0.3) is 0 Å². The molecule has 0 atom stereocenters. The van der Waals surface area contributed by atoms with E-state index in [1.807, 2.05) is 0 Å². The molecule has 0 aliphatic carbocycles. The number of rotatable bonds is 10. The van der Waals surface area contributed by atoms with Gasteiger partial charge in [-0.25, -0.2) is 0 Å². The molecule has 3 rings (SSSR count). The minimum Gasteiger partial charge on any atom is -0.493 e. The quantitative estimate of drug-likeness (QED) is 0.384. The van der Waals surface area contributed by atoms with Crippen molar-refractivity contribution in [2.75, 3.05) is 26.2 Å². The minimum atomic E-state index is -4.66. The maximum absolute atomic E-state index is 13.3. The van der Waals surface area contributed by atoms with Crippen LogP contribution in [0.15, 0.2) is 51.7 Å². The Morgan fingerprint density at radius 2 is 1.74 bits per heavy atom. The van der Waals surface area contributed by atoms with Gasteiger partial charge in [-0.15, -0.1) is 0 Å². The summed E-state index contributed by atoms with van der Waals surface area (Å²) in [5.41, 5.74) is -1.30. The molecule has 35 heavy (non-hydrogen) atoms. The van der Waals surface area contributed by atoms with Crippen LogP contribution in [-0.4, -0.2) is 53.3 Å². The van der Waals surface area contributed by atoms with Gasteiger partial charge in [0.15, 0.2) is 11.0 Å². The number of fused-ring (bicyclic) bond motifs is 1. The number of benzene rings is 2. The summed E-state index contributed by atoms with van der Waals surface area (Å²) < 4.78 is 51.2. The first-order chi connectivity index (χ1) is 16.5. The van der Waals surface area contributed by atoms with Crippen molar-refractivity contribution in [1.82, 2.24) is 4.90 Å². The molecule has 2 aromatic carbocycles. The second kappa shape index (κ2) is 10.8. The number of carboxylic acids is 2. The monoisotopic (exact) mass is 513 g/mol. The lowest BCUT2D eigenvalue weighted by atomic mass is 10.1. The number of alkyl halides is 3. The molecule has 0 saturated carbocycles. The fourth-order valence-electron chi connectivity index (χ4n) is 3.36. The first-order valence-corrected chi connectivity index (χ1v) is 10.6. The Morgan fingerprint density at radius 3 is 2.37 bits per heavy atom. The van der Waals surface area contributed by atoms with E-state index in [-0.39, 0.29) is 52.6 Å². The second-order valence-corrected chi connectivity index (χ2v) is 7.91. The molecule has 0 fully saturated rings. The smallest absolute Gasteiger partial charge is 0.416 e. The molecule has 0 aliphatic rings. The van der Waals surface area contributed by atoms with E-state index >= 15 is 0 Å². The predicted molar refractivity (Wildman–Crippen MR) is 120 cm³/mol. The van der Waals surface area contributed by atoms with E-state index in [2.05, 4.69) is 0 Å². The van der Waals surface area contributed by atoms with Crippen molar-refractivity contribution in [1.29, 1.82) is 0 Å². The van der Waals surface area contributed by atoms with Crippen molar-refractivity contribution in [2.24, 2.45) is 0 Å². The molecule has 3 aromatic rings. The summed E-state index contributed by atoms with van der Waals surface area (Å²) in [6.45, 7) is -1.20. The molecule has 0 saturated heterocycles. The van der Waals surface area contributed by atoms with Crippen molar-refractivity contribution in [2.45, 2.75) is 12.6 Å². The zero-order valence-corrected chi connectivity index (χ0v) is 18.7. The Bertz CT molecular complexity index is 1290. The topological polar surface area (TPSA) is 117 Å². The van der Waals surface area contributed by atoms with Crippen LogP contribution in [0.1, 0.15) is 12.0 Å². The number of nitrogens with zero attached hydrogens (tertiary/aromatic N) is 1. The number of carbonyl (C=O) groups is 2. The van der Waals surface area contributed by atoms with Gasteiger partial charge in [0.05, 0.1) is 41.2 Å². The number of hydrogen-bond donors (Lipinski definition) is 2. The third kappa shape index (κ3) is 6.74. The van der Waals surface area contributed by atoms with E-state index in [9.17, 15) is 27.6 Å². The van der Waals surface area contributed by atoms with E-state index in [1.165, 1.54) is 12.1 Å². The van der Waals surface area contributed by atoms with Crippen LogP contribution in [0.2, 0.25) is 5.02 Å². The molecule has 186 valence electrons. The lowest BCUT2D eigenvalue weighted by molar-refractivity contribution is -0.142. The minimum absolute atomic E-state index is 0.00750. The fraction of sp³-hybridized carbons (Fsp3) is 0.261. The Kier molecular flexibility index (Phi) is 8.03. The van der Waals surface area contributed by atoms with Crippen molar-refractivity contribution >= 4 is 34.5 Å². The van der Waals surface area contributed by atoms with Gasteiger partial charge in [-0.1, -0.05) is 17.7 Å². The highest BCUT2D eigenvalue weighted by Crippen LogP contribution is 2.38. The summed E-state index contributed by atoms with van der Waals surface area (Å²) in [5, 5.41) is 18.1. The molecule has 2 N–H and O–H groups in total. The number of hydrogen-bond acceptors (Lipinski definition) is 6. The maximum Gasteiger partial charge on any atom is 0.416 e. The molecule has 0 amide bonds. The standard InChI is InChI=1S/C23H19ClF3NO7/c24-16-4-1-3-14-17(29)10-19(35-22(14)16)15-6-5-13(23(25,26)27)9-18(15)34-8-2-7-28(11-20(30)31)12-21(32)33/h1,3-6,9-10H,2,7-8,11-12H2,(H,30,31)(H,32,33). The lowest BCUT2D eigenvalue weighted by Gasteiger charge is -2.18. The van der Waals surface area contributed by atoms with Gasteiger partial charge >= 0.3 is 18.1 Å². The van der Waals surface area contributed by atoms with Gasteiger partial charge in [-0.2, -0.15) is 13.2 Å². The van der Waals surface area contributed by atoms with Crippen molar-refractivity contribution in [3.63, 3.8) is 0 Å². The summed E-state index contributed by atoms with van der Waals surface area (Å²) in [6.07, 6.45) is -4.55. The van der Waals surface area contributed by atoms with Crippen LogP contribution in [0.4, 0.5) is 13.2 Å². The van der Waals surface area contributed by atoms with E-state index in [1.54, 1.807) is 6.07 Å². The summed E-state index contributed by atoms with van der Waals surface area (Å²) in [5.74, 6) is -2.73. The number of carboxylic acid groups (broad SMARTS) is 2. The van der Waals surface area contributed by atoms with Gasteiger partial charge in [0.1, 0.15) is 11.5 Å². The van der Waals surface area contributed by atoms with E-state index in [0.29, 0.717) is 0 Å². The van der Waals surface area contributed by atoms with Crippen LogP contribution in [0.5, 0.6) is 5.75 Å². The molecule has 1 heterocycles. The molecular formula is C23H19ClF3NO7. The van der Waals surface area contributed by atoms with E-state index < -0.39 is 42.2 Å². The van der Waals surface area contributed by atoms with Gasteiger partial charge in [-0.05, 0) is 36.8 Å². The zero-order valence-electron chi connectivity index (χ0n) is 18.0. The van der Waals surface area contributed by atoms with Crippen molar-refractivity contribution in [3.05, 3.63) is 63.3 Å². The summed E-state index contributed by atoms with van der Waals surface area (Å²) in [6, 6.07) is 8.38. The van der Waals surface area contributed by atoms with Crippen LogP contribution in [0.3, 0.4) is 0 Å². The van der Waals surface area contributed by atoms with Gasteiger partial charge in [0.2, 0.25) is 0 Å². The number of aliphatic carboxylic acids is 2. The maximum atomic E-state index is 13.3. The summed E-state index contributed by atoms with van der Waals surface area (Å²) in [7, 11) is 0. The highest BCUT2D eigenvalue weighted by Gasteiger charge is 2.31. The summed E-state index contributed by atoms with van der Waals surface area (Å²) in [4.78, 5) is 35.5. The van der Waals surface area contributed by atoms with Crippen LogP contribution in [0.25, 0.3) is 22.3 Å².